The van der Waals surface area contributed by atoms with E-state index >= 15 is 0 Å². The summed E-state index contributed by atoms with van der Waals surface area (Å²) in [5.74, 6) is 0.0546. The molecule has 2 N–H and O–H groups in total. The number of urea groups is 1. The Labute approximate surface area is 180 Å². The van der Waals surface area contributed by atoms with Crippen LogP contribution >= 0.6 is 0 Å². The summed E-state index contributed by atoms with van der Waals surface area (Å²) in [4.78, 5) is 55.1. The molecule has 31 heavy (non-hydrogen) atoms. The van der Waals surface area contributed by atoms with Gasteiger partial charge in [-0.15, -0.1) is 0 Å². The molecule has 0 spiro atoms. The van der Waals surface area contributed by atoms with Crippen molar-refractivity contribution in [2.75, 3.05) is 19.6 Å². The van der Waals surface area contributed by atoms with Crippen LogP contribution < -0.4 is 21.9 Å². The van der Waals surface area contributed by atoms with Gasteiger partial charge in [-0.05, 0) is 39.5 Å². The van der Waals surface area contributed by atoms with Gasteiger partial charge in [-0.25, -0.2) is 14.6 Å². The Morgan fingerprint density at radius 3 is 2.39 bits per heavy atom. The zero-order valence-electron chi connectivity index (χ0n) is 18.8. The first-order valence-electron chi connectivity index (χ1n) is 10.4. The number of nitrogens with zero attached hydrogens (tertiary/aromatic N) is 5. The summed E-state index contributed by atoms with van der Waals surface area (Å²) < 4.78 is 3.75. The smallest absolute Gasteiger partial charge is 0.332 e. The molecular weight excluding hydrogens is 402 g/mol. The molecule has 0 atom stereocenters. The lowest BCUT2D eigenvalue weighted by molar-refractivity contribution is -0.121. The Kier molecular flexibility index (Phi) is 6.23. The number of nitrogens with one attached hydrogen (secondary N) is 2. The van der Waals surface area contributed by atoms with E-state index in [-0.39, 0.29) is 41.1 Å². The number of carbonyl (C=O) groups is 2. The highest BCUT2D eigenvalue weighted by molar-refractivity contribution is 5.79. The number of likely N-dealkylation sites (tertiary alicyclic amines) is 1. The summed E-state index contributed by atoms with van der Waals surface area (Å²) in [6, 6.07) is -0.0575. The number of amides is 3. The number of hydrogen-bond acceptors (Lipinski definition) is 5. The molecule has 170 valence electrons. The second-order valence-electron chi connectivity index (χ2n) is 9.17. The lowest BCUT2D eigenvalue weighted by atomic mass is 9.97. The minimum atomic E-state index is -0.482. The number of rotatable bonds is 4. The molecule has 3 heterocycles. The van der Waals surface area contributed by atoms with Crippen LogP contribution in [0.15, 0.2) is 15.9 Å². The molecule has 3 rings (SSSR count). The predicted molar refractivity (Wildman–Crippen MR) is 116 cm³/mol. The molecule has 1 saturated heterocycles. The second-order valence-corrected chi connectivity index (χ2v) is 9.17. The summed E-state index contributed by atoms with van der Waals surface area (Å²) >= 11 is 0. The van der Waals surface area contributed by atoms with E-state index in [0.29, 0.717) is 19.6 Å². The molecule has 0 aliphatic carbocycles. The van der Waals surface area contributed by atoms with Crippen molar-refractivity contribution in [2.24, 2.45) is 20.0 Å². The van der Waals surface area contributed by atoms with E-state index in [9.17, 15) is 19.2 Å². The molecule has 0 aromatic carbocycles. The molecule has 11 heteroatoms. The largest absolute Gasteiger partial charge is 0.354 e. The van der Waals surface area contributed by atoms with Crippen LogP contribution in [0.4, 0.5) is 4.79 Å². The van der Waals surface area contributed by atoms with Crippen molar-refractivity contribution in [2.45, 2.75) is 45.7 Å². The van der Waals surface area contributed by atoms with Crippen molar-refractivity contribution in [3.8, 4) is 0 Å². The molecule has 1 aliphatic heterocycles. The topological polar surface area (TPSA) is 123 Å². The molecule has 1 aliphatic rings. The van der Waals surface area contributed by atoms with Gasteiger partial charge in [-0.1, -0.05) is 0 Å². The predicted octanol–water partition coefficient (Wildman–Crippen LogP) is -0.230. The first-order chi connectivity index (χ1) is 14.5. The van der Waals surface area contributed by atoms with Crippen LogP contribution in [0.3, 0.4) is 0 Å². The highest BCUT2D eigenvalue weighted by Crippen LogP contribution is 2.17. The summed E-state index contributed by atoms with van der Waals surface area (Å²) in [6.45, 7) is 7.61. The lowest BCUT2D eigenvalue weighted by Gasteiger charge is -2.34. The van der Waals surface area contributed by atoms with Gasteiger partial charge in [-0.3, -0.25) is 18.7 Å². The number of imidazole rings is 1. The molecule has 2 aromatic heterocycles. The highest BCUT2D eigenvalue weighted by Gasteiger charge is 2.25. The van der Waals surface area contributed by atoms with Crippen molar-refractivity contribution in [1.82, 2.24) is 34.2 Å². The van der Waals surface area contributed by atoms with Gasteiger partial charge in [0.15, 0.2) is 11.2 Å². The molecule has 11 nitrogen and oxygen atoms in total. The molecule has 1 fully saturated rings. The Bertz CT molecular complexity index is 1100. The van der Waals surface area contributed by atoms with E-state index in [1.54, 1.807) is 4.90 Å². The Morgan fingerprint density at radius 1 is 1.13 bits per heavy atom. The molecule has 0 bridgehead atoms. The van der Waals surface area contributed by atoms with Crippen molar-refractivity contribution in [3.05, 3.63) is 27.2 Å². The standard InChI is InChI=1S/C20H31N7O4/c1-20(2,3)23-18(30)26-8-6-13(7-9-26)10-21-14(28)11-27-12-22-16-15(27)17(29)25(5)19(31)24(16)4/h12-13H,6-11H2,1-5H3,(H,21,28)(H,23,30). The third-order valence-corrected chi connectivity index (χ3v) is 5.50. The van der Waals surface area contributed by atoms with Crippen LogP contribution in [-0.4, -0.2) is 60.7 Å². The Balaban J connectivity index is 1.55. The number of carbonyl (C=O) groups excluding carboxylic acids is 2. The monoisotopic (exact) mass is 433 g/mol. The van der Waals surface area contributed by atoms with Crippen LogP contribution in [0.25, 0.3) is 11.2 Å². The maximum absolute atomic E-state index is 12.5. The first-order valence-corrected chi connectivity index (χ1v) is 10.4. The lowest BCUT2D eigenvalue weighted by Crippen LogP contribution is -2.51. The van der Waals surface area contributed by atoms with Crippen LogP contribution in [0, 0.1) is 5.92 Å². The van der Waals surface area contributed by atoms with E-state index in [1.807, 2.05) is 20.8 Å². The van der Waals surface area contributed by atoms with Gasteiger partial charge in [0.05, 0.1) is 6.33 Å². The van der Waals surface area contributed by atoms with Gasteiger partial charge in [0.25, 0.3) is 5.56 Å². The van der Waals surface area contributed by atoms with Gasteiger partial charge in [0.2, 0.25) is 5.91 Å². The van der Waals surface area contributed by atoms with Gasteiger partial charge in [0, 0.05) is 39.3 Å². The molecule has 0 saturated carbocycles. The normalized spacial score (nSPS) is 15.3. The fraction of sp³-hybridized carbons (Fsp3) is 0.650. The van der Waals surface area contributed by atoms with Crippen molar-refractivity contribution >= 4 is 23.1 Å². The molecule has 3 amide bonds. The maximum atomic E-state index is 12.5. The summed E-state index contributed by atoms with van der Waals surface area (Å²) in [6.07, 6.45) is 3.03. The average Bonchev–Trinajstić information content (AvgIpc) is 3.12. The highest BCUT2D eigenvalue weighted by atomic mass is 16.2. The van der Waals surface area contributed by atoms with Crippen molar-refractivity contribution < 1.29 is 9.59 Å². The van der Waals surface area contributed by atoms with Crippen LogP contribution in [-0.2, 0) is 25.4 Å². The Morgan fingerprint density at radius 2 is 1.77 bits per heavy atom. The average molecular weight is 434 g/mol. The van der Waals surface area contributed by atoms with Crippen molar-refractivity contribution in [1.29, 1.82) is 0 Å². The number of hydrogen-bond donors (Lipinski definition) is 2. The Hall–Kier alpha value is -3.11. The zero-order valence-corrected chi connectivity index (χ0v) is 18.8. The number of aryl methyl sites for hydroxylation is 1. The van der Waals surface area contributed by atoms with E-state index in [4.69, 9.17) is 0 Å². The quantitative estimate of drug-likeness (QED) is 0.690. The number of piperidine rings is 1. The first kappa shape index (κ1) is 22.6. The van der Waals surface area contributed by atoms with Gasteiger partial charge >= 0.3 is 11.7 Å². The number of fused-ring (bicyclic) bond motifs is 1. The van der Waals surface area contributed by atoms with Crippen LogP contribution in [0.1, 0.15) is 33.6 Å². The van der Waals surface area contributed by atoms with Crippen LogP contribution in [0.2, 0.25) is 0 Å². The van der Waals surface area contributed by atoms with Gasteiger partial charge in [0.1, 0.15) is 6.54 Å². The maximum Gasteiger partial charge on any atom is 0.332 e. The minimum Gasteiger partial charge on any atom is -0.354 e. The van der Waals surface area contributed by atoms with E-state index in [2.05, 4.69) is 15.6 Å². The minimum absolute atomic E-state index is 0.0575. The van der Waals surface area contributed by atoms with Gasteiger partial charge < -0.3 is 20.1 Å². The fourth-order valence-electron chi connectivity index (χ4n) is 3.73. The number of aromatic nitrogens is 4. The molecule has 0 radical (unpaired) electrons. The fourth-order valence-corrected chi connectivity index (χ4v) is 3.73. The third kappa shape index (κ3) is 4.97. The third-order valence-electron chi connectivity index (χ3n) is 5.50. The van der Waals surface area contributed by atoms with E-state index in [1.165, 1.54) is 29.6 Å². The SMILES string of the molecule is Cn1c(=O)c2c(ncn2CC(=O)NCC2CCN(C(=O)NC(C)(C)C)CC2)n(C)c1=O. The summed E-state index contributed by atoms with van der Waals surface area (Å²) in [5, 5.41) is 5.88. The van der Waals surface area contributed by atoms with Gasteiger partial charge in [-0.2, -0.15) is 0 Å². The molecule has 0 unspecified atom stereocenters. The zero-order chi connectivity index (χ0) is 22.9. The van der Waals surface area contributed by atoms with E-state index in [0.717, 1.165) is 17.4 Å². The van der Waals surface area contributed by atoms with E-state index < -0.39 is 11.2 Å². The summed E-state index contributed by atoms with van der Waals surface area (Å²) in [5.41, 5.74) is -0.744. The molecule has 2 aromatic rings. The molecular formula is C20H31N7O4. The van der Waals surface area contributed by atoms with Crippen molar-refractivity contribution in [3.63, 3.8) is 0 Å². The second kappa shape index (κ2) is 8.56. The van der Waals surface area contributed by atoms with Crippen LogP contribution in [0.5, 0.6) is 0 Å². The summed E-state index contributed by atoms with van der Waals surface area (Å²) in [7, 11) is 2.94.